The maximum Gasteiger partial charge on any atom is 0.263 e. The van der Waals surface area contributed by atoms with Crippen LogP contribution in [0.1, 0.15) is 16.1 Å². The summed E-state index contributed by atoms with van der Waals surface area (Å²) >= 11 is 4.81. The van der Waals surface area contributed by atoms with Gasteiger partial charge in [0.1, 0.15) is 4.88 Å². The van der Waals surface area contributed by atoms with Crippen molar-refractivity contribution < 1.29 is 4.79 Å². The Labute approximate surface area is 117 Å². The van der Waals surface area contributed by atoms with E-state index in [4.69, 9.17) is 11.5 Å². The summed E-state index contributed by atoms with van der Waals surface area (Å²) in [5.41, 5.74) is 11.9. The fraction of sp³-hybridized carbons (Fsp3) is 0.250. The van der Waals surface area contributed by atoms with E-state index in [1.807, 2.05) is 18.2 Å². The van der Waals surface area contributed by atoms with E-state index < -0.39 is 0 Å². The lowest BCUT2D eigenvalue weighted by atomic mass is 10.2. The number of nitrogen functional groups attached to an aromatic ring is 1. The summed E-state index contributed by atoms with van der Waals surface area (Å²) in [5, 5.41) is 3.74. The normalized spacial score (nSPS) is 10.8. The van der Waals surface area contributed by atoms with Crippen LogP contribution in [0.3, 0.4) is 0 Å². The SMILES string of the molecule is NCCCNC(=O)c1sc2cc(Br)ccc2c1N. The van der Waals surface area contributed by atoms with Crippen molar-refractivity contribution in [3.63, 3.8) is 0 Å². The van der Waals surface area contributed by atoms with Crippen LogP contribution in [-0.4, -0.2) is 19.0 Å². The number of hydrogen-bond donors (Lipinski definition) is 3. The molecule has 4 nitrogen and oxygen atoms in total. The van der Waals surface area contributed by atoms with Crippen molar-refractivity contribution in [3.05, 3.63) is 27.5 Å². The molecule has 1 heterocycles. The Morgan fingerprint density at radius 3 is 2.94 bits per heavy atom. The highest BCUT2D eigenvalue weighted by atomic mass is 79.9. The molecule has 2 rings (SSSR count). The molecule has 18 heavy (non-hydrogen) atoms. The third kappa shape index (κ3) is 2.66. The maximum absolute atomic E-state index is 12.0. The van der Waals surface area contributed by atoms with Crippen LogP contribution in [0.25, 0.3) is 10.1 Å². The number of carbonyl (C=O) groups excluding carboxylic acids is 1. The third-order valence-corrected chi connectivity index (χ3v) is 4.22. The number of carbonyl (C=O) groups is 1. The number of hydrogen-bond acceptors (Lipinski definition) is 4. The summed E-state index contributed by atoms with van der Waals surface area (Å²) in [6.07, 6.45) is 0.766. The van der Waals surface area contributed by atoms with E-state index in [0.717, 1.165) is 21.0 Å². The molecule has 0 aliphatic rings. The van der Waals surface area contributed by atoms with Crippen LogP contribution in [0, 0.1) is 0 Å². The number of thiophene rings is 1. The Bertz CT molecular complexity index is 582. The smallest absolute Gasteiger partial charge is 0.263 e. The van der Waals surface area contributed by atoms with Crippen LogP contribution < -0.4 is 16.8 Å². The number of nitrogens with one attached hydrogen (secondary N) is 1. The van der Waals surface area contributed by atoms with Crippen LogP contribution in [0.15, 0.2) is 22.7 Å². The van der Waals surface area contributed by atoms with Crippen molar-refractivity contribution in [2.45, 2.75) is 6.42 Å². The zero-order valence-electron chi connectivity index (χ0n) is 9.70. The van der Waals surface area contributed by atoms with Gasteiger partial charge in [-0.25, -0.2) is 0 Å². The second-order valence-electron chi connectivity index (χ2n) is 3.88. The van der Waals surface area contributed by atoms with Gasteiger partial charge in [0.15, 0.2) is 0 Å². The average Bonchev–Trinajstić information content (AvgIpc) is 2.66. The Hall–Kier alpha value is -1.11. The molecule has 0 unspecified atom stereocenters. The van der Waals surface area contributed by atoms with E-state index >= 15 is 0 Å². The minimum atomic E-state index is -0.127. The molecule has 0 aliphatic heterocycles. The van der Waals surface area contributed by atoms with Gasteiger partial charge in [-0.3, -0.25) is 4.79 Å². The minimum Gasteiger partial charge on any atom is -0.397 e. The molecule has 0 aliphatic carbocycles. The van der Waals surface area contributed by atoms with Gasteiger partial charge in [0.25, 0.3) is 5.91 Å². The number of nitrogens with two attached hydrogens (primary N) is 2. The summed E-state index contributed by atoms with van der Waals surface area (Å²) < 4.78 is 1.98. The molecule has 1 aromatic heterocycles. The molecule has 0 saturated heterocycles. The minimum absolute atomic E-state index is 0.127. The van der Waals surface area contributed by atoms with E-state index in [2.05, 4.69) is 21.2 Å². The van der Waals surface area contributed by atoms with Crippen LogP contribution >= 0.6 is 27.3 Å². The monoisotopic (exact) mass is 327 g/mol. The highest BCUT2D eigenvalue weighted by Crippen LogP contribution is 2.35. The lowest BCUT2D eigenvalue weighted by molar-refractivity contribution is 0.0958. The van der Waals surface area contributed by atoms with Gasteiger partial charge in [-0.2, -0.15) is 0 Å². The van der Waals surface area contributed by atoms with Crippen molar-refractivity contribution in [1.29, 1.82) is 0 Å². The van der Waals surface area contributed by atoms with Gasteiger partial charge in [-0.05, 0) is 25.1 Å². The molecule has 0 radical (unpaired) electrons. The summed E-state index contributed by atoms with van der Waals surface area (Å²) in [7, 11) is 0. The first-order valence-corrected chi connectivity index (χ1v) is 7.20. The standard InChI is InChI=1S/C12H14BrN3OS/c13-7-2-3-8-9(6-7)18-11(10(8)15)12(17)16-5-1-4-14/h2-3,6H,1,4-5,14-15H2,(H,16,17). The van der Waals surface area contributed by atoms with Crippen molar-refractivity contribution in [1.82, 2.24) is 5.32 Å². The molecule has 0 spiro atoms. The molecule has 1 amide bonds. The number of anilines is 1. The highest BCUT2D eigenvalue weighted by Gasteiger charge is 2.15. The average molecular weight is 328 g/mol. The van der Waals surface area contributed by atoms with E-state index in [1.54, 1.807) is 0 Å². The van der Waals surface area contributed by atoms with Gasteiger partial charge in [0, 0.05) is 21.1 Å². The molecule has 0 bridgehead atoms. The first kappa shape index (κ1) is 13.3. The lowest BCUT2D eigenvalue weighted by Gasteiger charge is -2.02. The van der Waals surface area contributed by atoms with E-state index in [9.17, 15) is 4.79 Å². The molecule has 2 aromatic rings. The molecule has 6 heteroatoms. The molecular formula is C12H14BrN3OS. The van der Waals surface area contributed by atoms with E-state index in [1.165, 1.54) is 11.3 Å². The quantitative estimate of drug-likeness (QED) is 0.754. The number of fused-ring (bicyclic) bond motifs is 1. The van der Waals surface area contributed by atoms with Gasteiger partial charge < -0.3 is 16.8 Å². The number of benzene rings is 1. The Morgan fingerprint density at radius 1 is 1.44 bits per heavy atom. The van der Waals surface area contributed by atoms with Crippen molar-refractivity contribution >= 4 is 48.9 Å². The van der Waals surface area contributed by atoms with Crippen molar-refractivity contribution in [3.8, 4) is 0 Å². The number of halogens is 1. The first-order chi connectivity index (χ1) is 8.63. The van der Waals surface area contributed by atoms with Crippen molar-refractivity contribution in [2.24, 2.45) is 5.73 Å². The molecular weight excluding hydrogens is 314 g/mol. The first-order valence-electron chi connectivity index (χ1n) is 5.59. The molecule has 0 fully saturated rings. The summed E-state index contributed by atoms with van der Waals surface area (Å²) in [4.78, 5) is 12.5. The molecule has 96 valence electrons. The fourth-order valence-corrected chi connectivity index (χ4v) is 3.23. The fourth-order valence-electron chi connectivity index (χ4n) is 1.64. The van der Waals surface area contributed by atoms with Gasteiger partial charge in [0.05, 0.1) is 5.69 Å². The summed E-state index contributed by atoms with van der Waals surface area (Å²) in [5.74, 6) is -0.127. The zero-order valence-corrected chi connectivity index (χ0v) is 12.1. The number of amides is 1. The molecule has 5 N–H and O–H groups in total. The van der Waals surface area contributed by atoms with Crippen LogP contribution in [0.4, 0.5) is 5.69 Å². The number of rotatable bonds is 4. The van der Waals surface area contributed by atoms with Gasteiger partial charge in [-0.15, -0.1) is 11.3 Å². The molecule has 1 aromatic carbocycles. The summed E-state index contributed by atoms with van der Waals surface area (Å²) in [6.45, 7) is 1.14. The van der Waals surface area contributed by atoms with Gasteiger partial charge in [-0.1, -0.05) is 22.0 Å². The highest BCUT2D eigenvalue weighted by molar-refractivity contribution is 9.10. The summed E-state index contributed by atoms with van der Waals surface area (Å²) in [6, 6.07) is 5.80. The van der Waals surface area contributed by atoms with E-state index in [0.29, 0.717) is 23.7 Å². The maximum atomic E-state index is 12.0. The lowest BCUT2D eigenvalue weighted by Crippen LogP contribution is -2.25. The Morgan fingerprint density at radius 2 is 2.22 bits per heavy atom. The van der Waals surface area contributed by atoms with Gasteiger partial charge >= 0.3 is 0 Å². The zero-order chi connectivity index (χ0) is 13.1. The topological polar surface area (TPSA) is 81.1 Å². The van der Waals surface area contributed by atoms with Crippen molar-refractivity contribution in [2.75, 3.05) is 18.8 Å². The Balaban J connectivity index is 2.28. The van der Waals surface area contributed by atoms with Crippen LogP contribution in [0.2, 0.25) is 0 Å². The predicted molar refractivity (Wildman–Crippen MR) is 79.9 cm³/mol. The second-order valence-corrected chi connectivity index (χ2v) is 5.85. The Kier molecular flexibility index (Phi) is 4.21. The van der Waals surface area contributed by atoms with E-state index in [-0.39, 0.29) is 5.91 Å². The largest absolute Gasteiger partial charge is 0.397 e. The van der Waals surface area contributed by atoms with Gasteiger partial charge in [0.2, 0.25) is 0 Å². The molecule has 0 saturated carbocycles. The molecule has 0 atom stereocenters. The van der Waals surface area contributed by atoms with Crippen LogP contribution in [0.5, 0.6) is 0 Å². The third-order valence-electron chi connectivity index (χ3n) is 2.56. The predicted octanol–water partition coefficient (Wildman–Crippen LogP) is 2.32. The second kappa shape index (κ2) is 5.69. The van der Waals surface area contributed by atoms with Crippen LogP contribution in [-0.2, 0) is 0 Å².